The highest BCUT2D eigenvalue weighted by molar-refractivity contribution is 6.35. The highest BCUT2D eigenvalue weighted by Crippen LogP contribution is 2.40. The molecular weight excluding hydrogens is 719 g/mol. The summed E-state index contributed by atoms with van der Waals surface area (Å²) in [6, 6.07) is 42.1. The molecule has 7 aromatic carbocycles. The van der Waals surface area contributed by atoms with Gasteiger partial charge in [-0.1, -0.05) is 78.4 Å². The molecule has 2 aliphatic heterocycles. The molecule has 0 bridgehead atoms. The number of aryl methyl sites for hydroxylation is 5. The van der Waals surface area contributed by atoms with Gasteiger partial charge in [0.15, 0.2) is 0 Å². The van der Waals surface area contributed by atoms with E-state index in [1.807, 2.05) is 124 Å². The monoisotopic (exact) mass is 757 g/mol. The zero-order valence-electron chi connectivity index (χ0n) is 32.8. The number of nitrogens with zero attached hydrogens (tertiary/aromatic N) is 2. The van der Waals surface area contributed by atoms with Gasteiger partial charge >= 0.3 is 0 Å². The van der Waals surface area contributed by atoms with E-state index in [-0.39, 0.29) is 23.6 Å². The topological polar surface area (TPSA) is 101 Å². The summed E-state index contributed by atoms with van der Waals surface area (Å²) in [6.45, 7) is 10.2. The van der Waals surface area contributed by atoms with Gasteiger partial charge in [0.2, 0.25) is 0 Å². The fourth-order valence-corrected chi connectivity index (χ4v) is 8.31. The number of rotatable bonds is 6. The summed E-state index contributed by atoms with van der Waals surface area (Å²) in [5, 5.41) is 0. The smallest absolute Gasteiger partial charge is 0.266 e. The number of fused-ring (bicyclic) bond motifs is 2. The number of hydrogen-bond donors (Lipinski definition) is 1. The average Bonchev–Trinajstić information content (AvgIpc) is 3.62. The quantitative estimate of drug-likeness (QED) is 0.134. The number of benzene rings is 7. The van der Waals surface area contributed by atoms with Gasteiger partial charge in [-0.25, -0.2) is 9.80 Å². The molecule has 0 unspecified atom stereocenters. The van der Waals surface area contributed by atoms with Crippen LogP contribution < -0.4 is 15.5 Å². The van der Waals surface area contributed by atoms with Gasteiger partial charge in [-0.05, 0) is 162 Å². The van der Waals surface area contributed by atoms with Crippen molar-refractivity contribution in [3.63, 3.8) is 0 Å². The van der Waals surface area contributed by atoms with E-state index in [1.54, 1.807) is 18.2 Å². The molecule has 0 aliphatic carbocycles. The number of anilines is 3. The number of carbonyl (C=O) groups is 4. The van der Waals surface area contributed by atoms with Crippen LogP contribution in [0.25, 0.3) is 44.5 Å². The predicted octanol–water partition coefficient (Wildman–Crippen LogP) is 11.1. The maximum atomic E-state index is 13.7. The molecule has 7 nitrogen and oxygen atoms in total. The van der Waals surface area contributed by atoms with E-state index in [2.05, 4.69) is 26.0 Å². The van der Waals surface area contributed by atoms with E-state index in [0.717, 1.165) is 72.3 Å². The Morgan fingerprint density at radius 3 is 1.09 bits per heavy atom. The molecule has 0 saturated heterocycles. The molecular formula is C51H39N3O4. The Bertz CT molecular complexity index is 2730. The molecule has 0 saturated carbocycles. The summed E-state index contributed by atoms with van der Waals surface area (Å²) in [6.07, 6.45) is 0. The number of carbonyl (C=O) groups excluding carboxylic acids is 4. The summed E-state index contributed by atoms with van der Waals surface area (Å²) >= 11 is 0. The van der Waals surface area contributed by atoms with Crippen LogP contribution in [0.1, 0.15) is 69.2 Å². The average molecular weight is 758 g/mol. The van der Waals surface area contributed by atoms with E-state index in [4.69, 9.17) is 5.73 Å². The first-order valence-electron chi connectivity index (χ1n) is 19.2. The molecule has 2 heterocycles. The fourth-order valence-electron chi connectivity index (χ4n) is 8.31. The summed E-state index contributed by atoms with van der Waals surface area (Å²) in [5.74, 6) is -1.35. The van der Waals surface area contributed by atoms with E-state index in [1.165, 1.54) is 9.80 Å². The lowest BCUT2D eigenvalue weighted by molar-refractivity contribution is 0.0910. The number of hydrogen-bond acceptors (Lipinski definition) is 5. The van der Waals surface area contributed by atoms with Crippen molar-refractivity contribution >= 4 is 40.7 Å². The Balaban J connectivity index is 0.965. The van der Waals surface area contributed by atoms with E-state index >= 15 is 0 Å². The van der Waals surface area contributed by atoms with Crippen LogP contribution in [-0.4, -0.2) is 23.6 Å². The lowest BCUT2D eigenvalue weighted by Crippen LogP contribution is -2.29. The molecule has 2 N–H and O–H groups in total. The van der Waals surface area contributed by atoms with Crippen LogP contribution >= 0.6 is 0 Å². The van der Waals surface area contributed by atoms with Gasteiger partial charge in [0, 0.05) is 5.69 Å². The molecule has 9 rings (SSSR count). The van der Waals surface area contributed by atoms with Crippen molar-refractivity contribution in [2.75, 3.05) is 15.5 Å². The minimum atomic E-state index is -0.350. The molecule has 0 atom stereocenters. The van der Waals surface area contributed by atoms with Gasteiger partial charge < -0.3 is 5.73 Å². The largest absolute Gasteiger partial charge is 0.399 e. The minimum absolute atomic E-state index is 0.327. The van der Waals surface area contributed by atoms with Crippen molar-refractivity contribution < 1.29 is 19.2 Å². The van der Waals surface area contributed by atoms with Gasteiger partial charge in [0.25, 0.3) is 23.6 Å². The van der Waals surface area contributed by atoms with Crippen molar-refractivity contribution in [3.8, 4) is 44.5 Å². The van der Waals surface area contributed by atoms with Gasteiger partial charge in [0.05, 0.1) is 33.6 Å². The highest BCUT2D eigenvalue weighted by Gasteiger charge is 2.38. The van der Waals surface area contributed by atoms with Crippen molar-refractivity contribution in [2.45, 2.75) is 34.6 Å². The highest BCUT2D eigenvalue weighted by atomic mass is 16.2. The first kappa shape index (κ1) is 36.3. The molecule has 282 valence electrons. The van der Waals surface area contributed by atoms with E-state index in [9.17, 15) is 19.2 Å². The molecule has 58 heavy (non-hydrogen) atoms. The molecule has 0 spiro atoms. The van der Waals surface area contributed by atoms with E-state index in [0.29, 0.717) is 39.3 Å². The lowest BCUT2D eigenvalue weighted by Gasteiger charge is -2.20. The molecule has 7 aromatic rings. The minimum Gasteiger partial charge on any atom is -0.399 e. The fraction of sp³-hybridized carbons (Fsp3) is 0.0980. The van der Waals surface area contributed by atoms with E-state index < -0.39 is 0 Å². The summed E-state index contributed by atoms with van der Waals surface area (Å²) in [7, 11) is 0. The van der Waals surface area contributed by atoms with Crippen LogP contribution in [0, 0.1) is 34.6 Å². The molecule has 0 fully saturated rings. The second-order valence-corrected chi connectivity index (χ2v) is 15.4. The van der Waals surface area contributed by atoms with Gasteiger partial charge in [0.1, 0.15) is 0 Å². The molecule has 0 radical (unpaired) electrons. The zero-order chi connectivity index (χ0) is 40.6. The number of nitrogens with two attached hydrogens (primary N) is 1. The standard InChI is InChI=1S/C51H39N3O4/c1-28-6-8-33(9-7-28)35-12-18-42-46(26-35)50(57)53(48(42)55)38-16-20-40(29(2)22-38)44-24-32(5)45(25-31(44)4)41-21-17-39(23-30(41)3)54-49(56)43-19-13-36(27-47(43)51(54)58)34-10-14-37(52)15-11-34/h6-27H,52H2,1-5H3. The molecule has 0 aromatic heterocycles. The number of nitrogen functional groups attached to an aromatic ring is 1. The van der Waals surface area contributed by atoms with Crippen LogP contribution in [0.2, 0.25) is 0 Å². The van der Waals surface area contributed by atoms with Gasteiger partial charge in [-0.3, -0.25) is 19.2 Å². The maximum absolute atomic E-state index is 13.7. The molecule has 2 aliphatic rings. The van der Waals surface area contributed by atoms with Crippen LogP contribution in [-0.2, 0) is 0 Å². The first-order valence-corrected chi connectivity index (χ1v) is 19.2. The Hall–Kier alpha value is -7.38. The second-order valence-electron chi connectivity index (χ2n) is 15.4. The third-order valence-corrected chi connectivity index (χ3v) is 11.5. The van der Waals surface area contributed by atoms with Crippen LogP contribution in [0.5, 0.6) is 0 Å². The maximum Gasteiger partial charge on any atom is 0.266 e. The SMILES string of the molecule is Cc1ccc(-c2ccc3c(c2)C(=O)N(c2ccc(-c4cc(C)c(-c5ccc(N6C(=O)c7ccc(-c8ccc(N)cc8)cc7C6=O)cc5C)cc4C)c(C)c2)C3=O)cc1. The van der Waals surface area contributed by atoms with Crippen LogP contribution in [0.15, 0.2) is 133 Å². The summed E-state index contributed by atoms with van der Waals surface area (Å²) in [5.41, 5.74) is 22.0. The third-order valence-electron chi connectivity index (χ3n) is 11.5. The Morgan fingerprint density at radius 1 is 0.328 bits per heavy atom. The number of imide groups is 2. The Kier molecular flexibility index (Phi) is 8.55. The normalized spacial score (nSPS) is 13.4. The van der Waals surface area contributed by atoms with Crippen molar-refractivity contribution in [2.24, 2.45) is 0 Å². The Labute approximate surface area is 337 Å². The van der Waals surface area contributed by atoms with Crippen LogP contribution in [0.4, 0.5) is 17.1 Å². The van der Waals surface area contributed by atoms with Crippen molar-refractivity contribution in [1.82, 2.24) is 0 Å². The summed E-state index contributed by atoms with van der Waals surface area (Å²) in [4.78, 5) is 57.1. The predicted molar refractivity (Wildman–Crippen MR) is 231 cm³/mol. The first-order chi connectivity index (χ1) is 27.9. The summed E-state index contributed by atoms with van der Waals surface area (Å²) < 4.78 is 0. The van der Waals surface area contributed by atoms with Gasteiger partial charge in [-0.2, -0.15) is 0 Å². The zero-order valence-corrected chi connectivity index (χ0v) is 32.8. The second kappa shape index (κ2) is 13.7. The Morgan fingerprint density at radius 2 is 0.672 bits per heavy atom. The lowest BCUT2D eigenvalue weighted by atomic mass is 9.89. The van der Waals surface area contributed by atoms with Crippen molar-refractivity contribution in [3.05, 3.63) is 184 Å². The van der Waals surface area contributed by atoms with Crippen LogP contribution in [0.3, 0.4) is 0 Å². The van der Waals surface area contributed by atoms with Crippen molar-refractivity contribution in [1.29, 1.82) is 0 Å². The third kappa shape index (κ3) is 5.91. The molecule has 4 amide bonds. The van der Waals surface area contributed by atoms with Gasteiger partial charge in [-0.15, -0.1) is 0 Å². The molecule has 7 heteroatoms. The number of amides is 4.